The van der Waals surface area contributed by atoms with Gasteiger partial charge in [0.1, 0.15) is 11.2 Å². The lowest BCUT2D eigenvalue weighted by atomic mass is 9.75. The van der Waals surface area contributed by atoms with Crippen LogP contribution >= 0.6 is 0 Å². The first kappa shape index (κ1) is 15.6. The van der Waals surface area contributed by atoms with Crippen molar-refractivity contribution in [2.75, 3.05) is 0 Å². The largest absolute Gasteiger partial charge is 0.480 e. The molecule has 0 aliphatic heterocycles. The summed E-state index contributed by atoms with van der Waals surface area (Å²) >= 11 is 0. The quantitative estimate of drug-likeness (QED) is 0.895. The molecule has 1 aliphatic rings. The molecule has 2 rings (SSSR count). The zero-order valence-corrected chi connectivity index (χ0v) is 13.0. The first-order valence-corrected chi connectivity index (χ1v) is 7.58. The van der Waals surface area contributed by atoms with Crippen LogP contribution in [-0.4, -0.2) is 27.1 Å². The second kappa shape index (κ2) is 5.92. The summed E-state index contributed by atoms with van der Waals surface area (Å²) in [4.78, 5) is 24.1. The number of carboxylic acids is 1. The van der Waals surface area contributed by atoms with E-state index in [0.29, 0.717) is 24.5 Å². The van der Waals surface area contributed by atoms with Crippen molar-refractivity contribution in [1.82, 2.24) is 9.88 Å². The van der Waals surface area contributed by atoms with Gasteiger partial charge in [-0.3, -0.25) is 4.79 Å². The van der Waals surface area contributed by atoms with Crippen LogP contribution in [0.2, 0.25) is 0 Å². The molecular weight excluding hydrogens is 268 g/mol. The predicted octanol–water partition coefficient (Wildman–Crippen LogP) is 2.49. The van der Waals surface area contributed by atoms with Crippen molar-refractivity contribution in [2.45, 2.75) is 51.5 Å². The van der Waals surface area contributed by atoms with Gasteiger partial charge in [0.05, 0.1) is 0 Å². The second-order valence-electron chi connectivity index (χ2n) is 6.11. The van der Waals surface area contributed by atoms with E-state index in [2.05, 4.69) is 12.2 Å². The van der Waals surface area contributed by atoms with Crippen LogP contribution in [0.15, 0.2) is 12.1 Å². The maximum absolute atomic E-state index is 12.4. The topological polar surface area (TPSA) is 71.3 Å². The number of amides is 1. The van der Waals surface area contributed by atoms with E-state index < -0.39 is 11.5 Å². The molecule has 2 N–H and O–H groups in total. The highest BCUT2D eigenvalue weighted by atomic mass is 16.4. The number of aryl methyl sites for hydroxylation is 1. The Labute approximate surface area is 125 Å². The number of hydrogen-bond acceptors (Lipinski definition) is 2. The molecule has 0 bridgehead atoms. The average molecular weight is 292 g/mol. The van der Waals surface area contributed by atoms with E-state index in [9.17, 15) is 14.7 Å². The summed E-state index contributed by atoms with van der Waals surface area (Å²) in [5.41, 5.74) is 0.367. The van der Waals surface area contributed by atoms with Gasteiger partial charge >= 0.3 is 5.97 Å². The van der Waals surface area contributed by atoms with Crippen molar-refractivity contribution in [1.29, 1.82) is 0 Å². The van der Waals surface area contributed by atoms with E-state index in [1.807, 2.05) is 20.0 Å². The molecule has 0 radical (unpaired) electrons. The lowest BCUT2D eigenvalue weighted by molar-refractivity contribution is -0.146. The number of rotatable bonds is 4. The van der Waals surface area contributed by atoms with Crippen molar-refractivity contribution in [2.24, 2.45) is 13.0 Å². The van der Waals surface area contributed by atoms with Crippen molar-refractivity contribution in [3.05, 3.63) is 23.5 Å². The van der Waals surface area contributed by atoms with Crippen LogP contribution in [-0.2, 0) is 11.8 Å². The SMILES string of the molecule is CCC1CCC(NC(=O)c2ccc(C)n2C)(C(=O)O)CC1. The average Bonchev–Trinajstić information content (AvgIpc) is 2.79. The molecule has 5 nitrogen and oxygen atoms in total. The predicted molar refractivity (Wildman–Crippen MR) is 80.2 cm³/mol. The highest BCUT2D eigenvalue weighted by Crippen LogP contribution is 2.34. The highest BCUT2D eigenvalue weighted by molar-refractivity contribution is 5.96. The van der Waals surface area contributed by atoms with E-state index in [0.717, 1.165) is 25.0 Å². The smallest absolute Gasteiger partial charge is 0.329 e. The highest BCUT2D eigenvalue weighted by Gasteiger charge is 2.43. The van der Waals surface area contributed by atoms with Gasteiger partial charge in [-0.1, -0.05) is 13.3 Å². The number of hydrogen-bond donors (Lipinski definition) is 2. The molecule has 116 valence electrons. The number of nitrogens with one attached hydrogen (secondary N) is 1. The maximum Gasteiger partial charge on any atom is 0.329 e. The molecule has 5 heteroatoms. The third-order valence-corrected chi connectivity index (χ3v) is 4.90. The van der Waals surface area contributed by atoms with Crippen LogP contribution in [0.4, 0.5) is 0 Å². The van der Waals surface area contributed by atoms with Crippen LogP contribution in [0.3, 0.4) is 0 Å². The summed E-state index contributed by atoms with van der Waals surface area (Å²) in [6.45, 7) is 4.04. The fourth-order valence-electron chi connectivity index (χ4n) is 3.09. The minimum Gasteiger partial charge on any atom is -0.480 e. The van der Waals surface area contributed by atoms with E-state index in [-0.39, 0.29) is 5.91 Å². The normalized spacial score (nSPS) is 25.6. The molecule has 21 heavy (non-hydrogen) atoms. The summed E-state index contributed by atoms with van der Waals surface area (Å²) in [6, 6.07) is 3.59. The van der Waals surface area contributed by atoms with E-state index in [4.69, 9.17) is 0 Å². The van der Waals surface area contributed by atoms with Crippen LogP contribution in [0, 0.1) is 12.8 Å². The Hall–Kier alpha value is -1.78. The molecule has 0 aromatic carbocycles. The van der Waals surface area contributed by atoms with Gasteiger partial charge in [-0.2, -0.15) is 0 Å². The van der Waals surface area contributed by atoms with Gasteiger partial charge < -0.3 is 15.0 Å². The Morgan fingerprint density at radius 3 is 2.43 bits per heavy atom. The Morgan fingerprint density at radius 1 is 1.38 bits per heavy atom. The lowest BCUT2D eigenvalue weighted by Crippen LogP contribution is -2.56. The molecule has 1 aromatic rings. The van der Waals surface area contributed by atoms with Crippen molar-refractivity contribution < 1.29 is 14.7 Å². The van der Waals surface area contributed by atoms with Gasteiger partial charge in [-0.25, -0.2) is 4.79 Å². The van der Waals surface area contributed by atoms with Gasteiger partial charge in [0.25, 0.3) is 5.91 Å². The van der Waals surface area contributed by atoms with Gasteiger partial charge in [0, 0.05) is 12.7 Å². The van der Waals surface area contributed by atoms with Crippen LogP contribution < -0.4 is 5.32 Å². The van der Waals surface area contributed by atoms with Crippen molar-refractivity contribution in [3.63, 3.8) is 0 Å². The Kier molecular flexibility index (Phi) is 4.40. The molecule has 1 heterocycles. The molecule has 0 spiro atoms. The van der Waals surface area contributed by atoms with E-state index in [1.165, 1.54) is 0 Å². The molecule has 0 unspecified atom stereocenters. The molecular formula is C16H24N2O3. The van der Waals surface area contributed by atoms with Gasteiger partial charge in [-0.05, 0) is 50.7 Å². The molecule has 1 aromatic heterocycles. The zero-order chi connectivity index (χ0) is 15.6. The lowest BCUT2D eigenvalue weighted by Gasteiger charge is -2.37. The number of carbonyl (C=O) groups is 2. The van der Waals surface area contributed by atoms with Gasteiger partial charge in [-0.15, -0.1) is 0 Å². The van der Waals surface area contributed by atoms with Crippen LogP contribution in [0.5, 0.6) is 0 Å². The summed E-state index contributed by atoms with van der Waals surface area (Å²) in [5, 5.41) is 12.4. The zero-order valence-electron chi connectivity index (χ0n) is 13.0. The minimum atomic E-state index is -1.11. The second-order valence-corrected chi connectivity index (χ2v) is 6.11. The van der Waals surface area contributed by atoms with Gasteiger partial charge in [0.15, 0.2) is 0 Å². The van der Waals surface area contributed by atoms with Gasteiger partial charge in [0.2, 0.25) is 0 Å². The summed E-state index contributed by atoms with van der Waals surface area (Å²) < 4.78 is 1.78. The molecule has 0 atom stereocenters. The molecule has 1 aliphatic carbocycles. The standard InChI is InChI=1S/C16H24N2O3/c1-4-12-7-9-16(10-8-12,15(20)21)17-14(19)13-6-5-11(2)18(13)3/h5-6,12H,4,7-10H2,1-3H3,(H,17,19)(H,20,21). The summed E-state index contributed by atoms with van der Waals surface area (Å²) in [7, 11) is 1.81. The number of carboxylic acid groups (broad SMARTS) is 1. The number of nitrogens with zero attached hydrogens (tertiary/aromatic N) is 1. The van der Waals surface area contributed by atoms with E-state index >= 15 is 0 Å². The van der Waals surface area contributed by atoms with E-state index in [1.54, 1.807) is 10.6 Å². The molecule has 0 saturated heterocycles. The Balaban J connectivity index is 2.16. The third-order valence-electron chi connectivity index (χ3n) is 4.90. The number of carbonyl (C=O) groups excluding carboxylic acids is 1. The monoisotopic (exact) mass is 292 g/mol. The molecule has 1 amide bonds. The fourth-order valence-corrected chi connectivity index (χ4v) is 3.09. The summed E-state index contributed by atoms with van der Waals surface area (Å²) in [6.07, 6.45) is 3.80. The van der Waals surface area contributed by atoms with Crippen LogP contribution in [0.25, 0.3) is 0 Å². The Bertz CT molecular complexity index is 540. The minimum absolute atomic E-state index is 0.303. The first-order chi connectivity index (χ1) is 9.89. The first-order valence-electron chi connectivity index (χ1n) is 7.58. The number of aromatic nitrogens is 1. The molecule has 1 saturated carbocycles. The fraction of sp³-hybridized carbons (Fsp3) is 0.625. The maximum atomic E-state index is 12.4. The van der Waals surface area contributed by atoms with Crippen molar-refractivity contribution >= 4 is 11.9 Å². The van der Waals surface area contributed by atoms with Crippen LogP contribution in [0.1, 0.15) is 55.2 Å². The summed E-state index contributed by atoms with van der Waals surface area (Å²) in [5.74, 6) is -0.647. The number of aliphatic carboxylic acids is 1. The Morgan fingerprint density at radius 2 is 2.00 bits per heavy atom. The molecule has 1 fully saturated rings. The third kappa shape index (κ3) is 2.96. The van der Waals surface area contributed by atoms with Crippen molar-refractivity contribution in [3.8, 4) is 0 Å².